The number of benzene rings is 1. The maximum Gasteiger partial charge on any atom is 0.225 e. The Morgan fingerprint density at radius 3 is 2.91 bits per heavy atom. The monoisotopic (exact) mass is 310 g/mol. The number of rotatable bonds is 5. The van der Waals surface area contributed by atoms with E-state index in [0.29, 0.717) is 25.2 Å². The fraction of sp³-hybridized carbons (Fsp3) is 0.333. The minimum atomic E-state index is -0.0426. The third kappa shape index (κ3) is 3.68. The van der Waals surface area contributed by atoms with Gasteiger partial charge in [0.15, 0.2) is 0 Å². The smallest absolute Gasteiger partial charge is 0.225 e. The van der Waals surface area contributed by atoms with E-state index in [-0.39, 0.29) is 5.91 Å². The zero-order valence-electron chi connectivity index (χ0n) is 13.2. The summed E-state index contributed by atoms with van der Waals surface area (Å²) in [5, 5.41) is 2.80. The first-order valence-electron chi connectivity index (χ1n) is 8.09. The lowest BCUT2D eigenvalue weighted by Crippen LogP contribution is -2.24. The van der Waals surface area contributed by atoms with Crippen molar-refractivity contribution in [3.05, 3.63) is 48.2 Å². The molecule has 23 heavy (non-hydrogen) atoms. The van der Waals surface area contributed by atoms with E-state index in [1.807, 2.05) is 18.3 Å². The topological polar surface area (TPSA) is 71.2 Å². The average molecular weight is 310 g/mol. The van der Waals surface area contributed by atoms with Gasteiger partial charge in [-0.1, -0.05) is 18.2 Å². The van der Waals surface area contributed by atoms with Crippen molar-refractivity contribution in [1.29, 1.82) is 0 Å². The van der Waals surface area contributed by atoms with Crippen LogP contribution in [-0.2, 0) is 11.2 Å². The molecule has 0 bridgehead atoms. The summed E-state index contributed by atoms with van der Waals surface area (Å²) in [5.74, 6) is 0.542. The molecule has 2 aromatic rings. The highest BCUT2D eigenvalue weighted by Crippen LogP contribution is 2.33. The second-order valence-electron chi connectivity index (χ2n) is 5.73. The molecule has 3 rings (SSSR count). The first-order chi connectivity index (χ1) is 11.3. The molecule has 1 aromatic carbocycles. The highest BCUT2D eigenvalue weighted by molar-refractivity contribution is 5.89. The van der Waals surface area contributed by atoms with Crippen LogP contribution in [0.2, 0.25) is 0 Å². The van der Waals surface area contributed by atoms with Crippen LogP contribution >= 0.6 is 0 Å². The number of para-hydroxylation sites is 1. The van der Waals surface area contributed by atoms with Crippen LogP contribution < -0.4 is 16.0 Å². The molecule has 0 saturated carbocycles. The summed E-state index contributed by atoms with van der Waals surface area (Å²) in [5.41, 5.74) is 9.09. The molecule has 0 radical (unpaired) electrons. The van der Waals surface area contributed by atoms with Crippen molar-refractivity contribution in [1.82, 2.24) is 4.98 Å². The van der Waals surface area contributed by atoms with Crippen LogP contribution in [0.1, 0.15) is 24.8 Å². The Bertz CT molecular complexity index is 669. The summed E-state index contributed by atoms with van der Waals surface area (Å²) in [6, 6.07) is 12.3. The van der Waals surface area contributed by atoms with Gasteiger partial charge in [0.05, 0.1) is 11.9 Å². The maximum atomic E-state index is 11.7. The van der Waals surface area contributed by atoms with Gasteiger partial charge < -0.3 is 16.0 Å². The lowest BCUT2D eigenvalue weighted by Gasteiger charge is -2.31. The van der Waals surface area contributed by atoms with E-state index in [4.69, 9.17) is 5.73 Å². The SMILES string of the molecule is NCCCC(=O)Nc1ccc(N2CCCc3ccccc32)cn1. The number of carbonyl (C=O) groups is 1. The summed E-state index contributed by atoms with van der Waals surface area (Å²) < 4.78 is 0. The minimum absolute atomic E-state index is 0.0426. The molecule has 0 atom stereocenters. The number of aryl methyl sites for hydroxylation is 1. The molecule has 1 amide bonds. The fourth-order valence-electron chi connectivity index (χ4n) is 2.89. The molecule has 1 aromatic heterocycles. The number of hydrogen-bond acceptors (Lipinski definition) is 4. The van der Waals surface area contributed by atoms with Crippen molar-refractivity contribution in [2.75, 3.05) is 23.3 Å². The van der Waals surface area contributed by atoms with Crippen molar-refractivity contribution in [2.45, 2.75) is 25.7 Å². The normalized spacial score (nSPS) is 13.5. The average Bonchev–Trinajstić information content (AvgIpc) is 2.60. The van der Waals surface area contributed by atoms with Gasteiger partial charge in [0.1, 0.15) is 5.82 Å². The Kier molecular flexibility index (Phi) is 4.88. The number of aromatic nitrogens is 1. The second-order valence-corrected chi connectivity index (χ2v) is 5.73. The van der Waals surface area contributed by atoms with Crippen molar-refractivity contribution in [2.24, 2.45) is 5.73 Å². The van der Waals surface area contributed by atoms with Crippen molar-refractivity contribution >= 4 is 23.1 Å². The molecular weight excluding hydrogens is 288 g/mol. The molecule has 0 aliphatic carbocycles. The number of carbonyl (C=O) groups excluding carboxylic acids is 1. The van der Waals surface area contributed by atoms with Crippen molar-refractivity contribution in [3.8, 4) is 0 Å². The molecule has 0 fully saturated rings. The third-order valence-corrected chi connectivity index (χ3v) is 4.05. The summed E-state index contributed by atoms with van der Waals surface area (Å²) in [6.45, 7) is 1.51. The summed E-state index contributed by atoms with van der Waals surface area (Å²) in [4.78, 5) is 18.4. The Balaban J connectivity index is 1.72. The van der Waals surface area contributed by atoms with Crippen molar-refractivity contribution in [3.63, 3.8) is 0 Å². The van der Waals surface area contributed by atoms with E-state index in [9.17, 15) is 4.79 Å². The van der Waals surface area contributed by atoms with Crippen LogP contribution in [0, 0.1) is 0 Å². The zero-order valence-corrected chi connectivity index (χ0v) is 13.2. The van der Waals surface area contributed by atoms with E-state index in [1.54, 1.807) is 0 Å². The highest BCUT2D eigenvalue weighted by atomic mass is 16.1. The molecule has 1 aliphatic heterocycles. The molecule has 1 aliphatic rings. The van der Waals surface area contributed by atoms with E-state index in [1.165, 1.54) is 11.3 Å². The number of nitrogens with two attached hydrogens (primary N) is 1. The van der Waals surface area contributed by atoms with Crippen LogP contribution in [0.5, 0.6) is 0 Å². The van der Waals surface area contributed by atoms with Crippen LogP contribution in [0.3, 0.4) is 0 Å². The summed E-state index contributed by atoms with van der Waals surface area (Å²) >= 11 is 0. The predicted molar refractivity (Wildman–Crippen MR) is 92.9 cm³/mol. The van der Waals surface area contributed by atoms with Crippen LogP contribution in [-0.4, -0.2) is 24.0 Å². The molecule has 5 nitrogen and oxygen atoms in total. The van der Waals surface area contributed by atoms with Crippen LogP contribution in [0.25, 0.3) is 0 Å². The Morgan fingerprint density at radius 2 is 2.13 bits per heavy atom. The summed E-state index contributed by atoms with van der Waals surface area (Å²) in [6.07, 6.45) is 5.19. The number of hydrogen-bond donors (Lipinski definition) is 2. The quantitative estimate of drug-likeness (QED) is 0.891. The number of nitrogens with zero attached hydrogens (tertiary/aromatic N) is 2. The molecule has 3 N–H and O–H groups in total. The van der Waals surface area contributed by atoms with Crippen LogP contribution in [0.4, 0.5) is 17.2 Å². The van der Waals surface area contributed by atoms with Gasteiger partial charge in [-0.15, -0.1) is 0 Å². The summed E-state index contributed by atoms with van der Waals surface area (Å²) in [7, 11) is 0. The van der Waals surface area contributed by atoms with Gasteiger partial charge in [-0.05, 0) is 49.6 Å². The standard InChI is InChI=1S/C18H22N4O/c19-11-3-8-18(23)21-17-10-9-15(13-20-17)22-12-4-6-14-5-1-2-7-16(14)22/h1-2,5,7,9-10,13H,3-4,6,8,11-12,19H2,(H,20,21,23). The van der Waals surface area contributed by atoms with Gasteiger partial charge in [0.2, 0.25) is 5.91 Å². The Hall–Kier alpha value is -2.40. The molecule has 0 spiro atoms. The molecule has 0 saturated heterocycles. The third-order valence-electron chi connectivity index (χ3n) is 4.05. The second kappa shape index (κ2) is 7.24. The van der Waals surface area contributed by atoms with E-state index in [2.05, 4.69) is 39.5 Å². The minimum Gasteiger partial charge on any atom is -0.340 e. The van der Waals surface area contributed by atoms with E-state index < -0.39 is 0 Å². The van der Waals surface area contributed by atoms with Gasteiger partial charge in [0, 0.05) is 18.7 Å². The Morgan fingerprint density at radius 1 is 1.26 bits per heavy atom. The lowest BCUT2D eigenvalue weighted by molar-refractivity contribution is -0.116. The first kappa shape index (κ1) is 15.5. The number of amides is 1. The molecule has 2 heterocycles. The van der Waals surface area contributed by atoms with Gasteiger partial charge in [-0.25, -0.2) is 4.98 Å². The van der Waals surface area contributed by atoms with Crippen molar-refractivity contribution < 1.29 is 4.79 Å². The lowest BCUT2D eigenvalue weighted by atomic mass is 10.0. The largest absolute Gasteiger partial charge is 0.340 e. The van der Waals surface area contributed by atoms with Gasteiger partial charge in [-0.2, -0.15) is 0 Å². The number of pyridine rings is 1. The first-order valence-corrected chi connectivity index (χ1v) is 8.09. The number of anilines is 3. The number of fused-ring (bicyclic) bond motifs is 1. The zero-order chi connectivity index (χ0) is 16.1. The predicted octanol–water partition coefficient (Wildman–Crippen LogP) is 2.84. The highest BCUT2D eigenvalue weighted by Gasteiger charge is 2.17. The number of nitrogens with one attached hydrogen (secondary N) is 1. The van der Waals surface area contributed by atoms with Gasteiger partial charge >= 0.3 is 0 Å². The molecule has 5 heteroatoms. The van der Waals surface area contributed by atoms with E-state index in [0.717, 1.165) is 25.1 Å². The van der Waals surface area contributed by atoms with Gasteiger partial charge in [0.25, 0.3) is 0 Å². The van der Waals surface area contributed by atoms with Gasteiger partial charge in [-0.3, -0.25) is 4.79 Å². The molecule has 120 valence electrons. The van der Waals surface area contributed by atoms with Crippen LogP contribution in [0.15, 0.2) is 42.6 Å². The maximum absolute atomic E-state index is 11.7. The van der Waals surface area contributed by atoms with E-state index >= 15 is 0 Å². The molecule has 0 unspecified atom stereocenters. The molecular formula is C18H22N4O. The fourth-order valence-corrected chi connectivity index (χ4v) is 2.89. The Labute approximate surface area is 136 Å².